The van der Waals surface area contributed by atoms with Gasteiger partial charge in [0.2, 0.25) is 6.79 Å². The van der Waals surface area contributed by atoms with E-state index in [4.69, 9.17) is 9.47 Å². The standard InChI is InChI=1S/C23H27N5O6S2/c1-22(11-24)10-23(36-21(32)26(4)5)19(30)27(6)18(35-20(31)25(2)3)17(29)28(23)16(22)13-7-8-14-15(9-13)34-12-33-14/h7-9,16,18H,10,12H2,1-6H3/t16-,18-,22+,23-/m0/s1. The zero-order chi connectivity index (χ0) is 26.6. The van der Waals surface area contributed by atoms with Crippen molar-refractivity contribution in [3.63, 3.8) is 0 Å². The zero-order valence-corrected chi connectivity index (χ0v) is 22.4. The largest absolute Gasteiger partial charge is 0.454 e. The average molecular weight is 534 g/mol. The molecule has 2 saturated heterocycles. The number of ether oxygens (including phenoxy) is 2. The predicted octanol–water partition coefficient (Wildman–Crippen LogP) is 2.54. The van der Waals surface area contributed by atoms with Gasteiger partial charge in [-0.1, -0.05) is 6.07 Å². The Bertz CT molecular complexity index is 1190. The van der Waals surface area contributed by atoms with E-state index in [2.05, 4.69) is 6.07 Å². The molecule has 0 unspecified atom stereocenters. The number of amides is 4. The number of fused-ring (bicyclic) bond motifs is 2. The summed E-state index contributed by atoms with van der Waals surface area (Å²) in [5.74, 6) is -0.0531. The third-order valence-electron chi connectivity index (χ3n) is 6.48. The van der Waals surface area contributed by atoms with Gasteiger partial charge in [0.05, 0.1) is 17.5 Å². The Balaban J connectivity index is 1.89. The Morgan fingerprint density at radius 2 is 1.75 bits per heavy atom. The molecule has 1 aromatic rings. The Morgan fingerprint density at radius 1 is 1.11 bits per heavy atom. The summed E-state index contributed by atoms with van der Waals surface area (Å²) in [7, 11) is 7.66. The Morgan fingerprint density at radius 3 is 2.36 bits per heavy atom. The first-order valence-electron chi connectivity index (χ1n) is 11.1. The van der Waals surface area contributed by atoms with Crippen LogP contribution >= 0.6 is 23.5 Å². The van der Waals surface area contributed by atoms with Gasteiger partial charge in [-0.25, -0.2) is 0 Å². The molecule has 4 rings (SSSR count). The number of likely N-dealkylation sites (N-methyl/N-ethyl adjacent to an activating group) is 1. The van der Waals surface area contributed by atoms with Crippen LogP contribution in [0, 0.1) is 16.7 Å². The molecule has 13 heteroatoms. The van der Waals surface area contributed by atoms with E-state index in [1.807, 2.05) is 0 Å². The van der Waals surface area contributed by atoms with Crippen molar-refractivity contribution in [1.29, 1.82) is 5.26 Å². The van der Waals surface area contributed by atoms with E-state index >= 15 is 0 Å². The lowest BCUT2D eigenvalue weighted by molar-refractivity contribution is -0.158. The van der Waals surface area contributed by atoms with Gasteiger partial charge in [0.1, 0.15) is 0 Å². The molecule has 36 heavy (non-hydrogen) atoms. The maximum atomic E-state index is 14.1. The number of hydrogen-bond donors (Lipinski definition) is 0. The lowest BCUT2D eigenvalue weighted by Gasteiger charge is -2.48. The summed E-state index contributed by atoms with van der Waals surface area (Å²) in [6.45, 7) is 1.73. The summed E-state index contributed by atoms with van der Waals surface area (Å²) in [5.41, 5.74) is -0.665. The molecule has 192 valence electrons. The van der Waals surface area contributed by atoms with Gasteiger partial charge in [0.25, 0.3) is 22.3 Å². The number of thioether (sulfide) groups is 2. The summed E-state index contributed by atoms with van der Waals surface area (Å²) in [6, 6.07) is 6.54. The average Bonchev–Trinajstić information content (AvgIpc) is 3.40. The van der Waals surface area contributed by atoms with Crippen LogP contribution in [0.4, 0.5) is 9.59 Å². The Kier molecular flexibility index (Phi) is 6.55. The van der Waals surface area contributed by atoms with Gasteiger partial charge in [-0.2, -0.15) is 5.26 Å². The van der Waals surface area contributed by atoms with Gasteiger partial charge in [-0.3, -0.25) is 19.2 Å². The van der Waals surface area contributed by atoms with Crippen molar-refractivity contribution >= 4 is 45.8 Å². The number of benzene rings is 1. The van der Waals surface area contributed by atoms with Gasteiger partial charge < -0.3 is 29.1 Å². The van der Waals surface area contributed by atoms with Crippen molar-refractivity contribution < 1.29 is 28.7 Å². The van der Waals surface area contributed by atoms with Crippen LogP contribution in [0.25, 0.3) is 0 Å². The second-order valence-electron chi connectivity index (χ2n) is 9.52. The van der Waals surface area contributed by atoms with Crippen molar-refractivity contribution in [2.75, 3.05) is 42.0 Å². The van der Waals surface area contributed by atoms with Crippen LogP contribution in [0.3, 0.4) is 0 Å². The van der Waals surface area contributed by atoms with Crippen molar-refractivity contribution in [2.24, 2.45) is 5.41 Å². The molecule has 2 fully saturated rings. The molecule has 0 spiro atoms. The van der Waals surface area contributed by atoms with Crippen LogP contribution in [-0.2, 0) is 9.59 Å². The molecule has 4 atom stereocenters. The summed E-state index contributed by atoms with van der Waals surface area (Å²) in [5, 5.41) is 8.34. The minimum Gasteiger partial charge on any atom is -0.454 e. The van der Waals surface area contributed by atoms with E-state index in [0.29, 0.717) is 28.8 Å². The van der Waals surface area contributed by atoms with Crippen LogP contribution in [0.5, 0.6) is 11.5 Å². The third-order valence-corrected chi connectivity index (χ3v) is 9.18. The SMILES string of the molecule is CN(C)C(=O)S[C@H]1C(=O)N2[C@@H](c3ccc4c(c3)OCO4)[C@@](C)(C#N)C[C@]2(SC(=O)N(C)C)C(=O)N1C. The normalized spacial score (nSPS) is 28.6. The lowest BCUT2D eigenvalue weighted by Crippen LogP contribution is -2.67. The number of piperazine rings is 1. The van der Waals surface area contributed by atoms with Gasteiger partial charge >= 0.3 is 0 Å². The fraction of sp³-hybridized carbons (Fsp3) is 0.522. The summed E-state index contributed by atoms with van der Waals surface area (Å²) < 4.78 is 10.9. The van der Waals surface area contributed by atoms with E-state index < -0.39 is 44.0 Å². The molecule has 0 N–H and O–H groups in total. The maximum absolute atomic E-state index is 14.1. The fourth-order valence-corrected chi connectivity index (χ4v) is 6.96. The fourth-order valence-electron chi connectivity index (χ4n) is 4.72. The van der Waals surface area contributed by atoms with Gasteiger partial charge in [-0.05, 0) is 48.1 Å². The molecular weight excluding hydrogens is 506 g/mol. The van der Waals surface area contributed by atoms with Crippen LogP contribution < -0.4 is 9.47 Å². The van der Waals surface area contributed by atoms with Crippen molar-refractivity contribution in [1.82, 2.24) is 19.6 Å². The minimum absolute atomic E-state index is 0.0490. The summed E-state index contributed by atoms with van der Waals surface area (Å²) in [4.78, 5) is 57.2. The smallest absolute Gasteiger partial charge is 0.283 e. The van der Waals surface area contributed by atoms with Gasteiger partial charge in [0.15, 0.2) is 21.7 Å². The molecule has 0 aromatic heterocycles. The van der Waals surface area contributed by atoms with Gasteiger partial charge in [-0.15, -0.1) is 0 Å². The molecule has 3 heterocycles. The molecule has 11 nitrogen and oxygen atoms in total. The number of nitrogens with zero attached hydrogens (tertiary/aromatic N) is 5. The highest BCUT2D eigenvalue weighted by Crippen LogP contribution is 2.61. The van der Waals surface area contributed by atoms with E-state index in [1.54, 1.807) is 53.3 Å². The molecular formula is C23H27N5O6S2. The van der Waals surface area contributed by atoms with Crippen molar-refractivity contribution in [3.05, 3.63) is 23.8 Å². The molecule has 3 aliphatic rings. The molecule has 4 amide bonds. The molecule has 0 saturated carbocycles. The molecule has 1 aromatic carbocycles. The molecule has 3 aliphatic heterocycles. The first-order chi connectivity index (χ1) is 16.9. The number of carbonyl (C=O) groups is 4. The van der Waals surface area contributed by atoms with Crippen molar-refractivity contribution in [3.8, 4) is 17.6 Å². The van der Waals surface area contributed by atoms with Gasteiger partial charge in [0, 0.05) is 41.7 Å². The second kappa shape index (κ2) is 9.08. The van der Waals surface area contributed by atoms with E-state index in [1.165, 1.54) is 26.6 Å². The highest BCUT2D eigenvalue weighted by Gasteiger charge is 2.69. The highest BCUT2D eigenvalue weighted by atomic mass is 32.2. The van der Waals surface area contributed by atoms with Crippen LogP contribution in [0.1, 0.15) is 24.9 Å². The van der Waals surface area contributed by atoms with Crippen LogP contribution in [0.2, 0.25) is 0 Å². The molecule has 0 aliphatic carbocycles. The number of hydrogen-bond acceptors (Lipinski definition) is 9. The van der Waals surface area contributed by atoms with E-state index in [-0.39, 0.29) is 13.2 Å². The first kappa shape index (κ1) is 26.0. The van der Waals surface area contributed by atoms with E-state index in [9.17, 15) is 24.4 Å². The Hall–Kier alpha value is -3.11. The minimum atomic E-state index is -1.67. The topological polar surface area (TPSA) is 123 Å². The summed E-state index contributed by atoms with van der Waals surface area (Å²) in [6.07, 6.45) is -0.0756. The lowest BCUT2D eigenvalue weighted by atomic mass is 9.79. The quantitative estimate of drug-likeness (QED) is 0.577. The number of carbonyl (C=O) groups excluding carboxylic acids is 4. The third kappa shape index (κ3) is 3.92. The van der Waals surface area contributed by atoms with Crippen molar-refractivity contribution in [2.45, 2.75) is 29.6 Å². The van der Waals surface area contributed by atoms with E-state index in [0.717, 1.165) is 11.8 Å². The zero-order valence-electron chi connectivity index (χ0n) is 20.8. The van der Waals surface area contributed by atoms with Crippen LogP contribution in [-0.4, -0.2) is 94.2 Å². The Labute approximate surface area is 217 Å². The second-order valence-corrected chi connectivity index (χ2v) is 11.8. The summed E-state index contributed by atoms with van der Waals surface area (Å²) >= 11 is 1.44. The highest BCUT2D eigenvalue weighted by molar-refractivity contribution is 8.15. The number of nitriles is 1. The first-order valence-corrected chi connectivity index (χ1v) is 12.8. The number of rotatable bonds is 3. The monoisotopic (exact) mass is 533 g/mol. The van der Waals surface area contributed by atoms with Crippen LogP contribution in [0.15, 0.2) is 18.2 Å². The molecule has 0 radical (unpaired) electrons. The molecule has 0 bridgehead atoms. The maximum Gasteiger partial charge on any atom is 0.283 e. The predicted molar refractivity (Wildman–Crippen MR) is 133 cm³/mol.